The van der Waals surface area contributed by atoms with E-state index in [2.05, 4.69) is 64.2 Å². The molecule has 1 atom stereocenters. The van der Waals surface area contributed by atoms with Gasteiger partial charge in [0.25, 0.3) is 0 Å². The lowest BCUT2D eigenvalue weighted by molar-refractivity contribution is -0.136. The molecule has 1 saturated carbocycles. The van der Waals surface area contributed by atoms with E-state index in [1.807, 2.05) is 31.3 Å². The van der Waals surface area contributed by atoms with Crippen LogP contribution in [0.4, 0.5) is 17.5 Å². The number of likely N-dealkylation sites (N-methyl/N-ethyl adjacent to an activating group) is 1. The van der Waals surface area contributed by atoms with Crippen LogP contribution in [-0.4, -0.2) is 106 Å². The smallest absolute Gasteiger partial charge is 0.229 e. The van der Waals surface area contributed by atoms with E-state index in [1.54, 1.807) is 11.1 Å². The molecular formula is C35H54BrN5O7. The first-order valence-electron chi connectivity index (χ1n) is 16.9. The molecule has 1 aromatic heterocycles. The van der Waals surface area contributed by atoms with Crippen molar-refractivity contribution in [1.82, 2.24) is 14.9 Å². The zero-order chi connectivity index (χ0) is 34.8. The van der Waals surface area contributed by atoms with Gasteiger partial charge >= 0.3 is 0 Å². The summed E-state index contributed by atoms with van der Waals surface area (Å²) in [6.07, 6.45) is 5.38. The first-order chi connectivity index (χ1) is 23.0. The topological polar surface area (TPSA) is 133 Å². The van der Waals surface area contributed by atoms with Gasteiger partial charge in [-0.15, -0.1) is 0 Å². The Hall–Kier alpha value is -2.84. The average Bonchev–Trinajstić information content (AvgIpc) is 3.02. The number of amides is 1. The van der Waals surface area contributed by atoms with Crippen molar-refractivity contribution in [2.75, 3.05) is 90.2 Å². The summed E-state index contributed by atoms with van der Waals surface area (Å²) in [5.74, 6) is 2.70. The summed E-state index contributed by atoms with van der Waals surface area (Å²) in [6, 6.07) is 7.53. The van der Waals surface area contributed by atoms with Gasteiger partial charge in [0.05, 0.1) is 50.7 Å². The van der Waals surface area contributed by atoms with Gasteiger partial charge in [0.1, 0.15) is 24.8 Å². The number of ketones is 1. The molecule has 1 fully saturated rings. The summed E-state index contributed by atoms with van der Waals surface area (Å²) in [5.41, 5.74) is 0.938. The van der Waals surface area contributed by atoms with Crippen molar-refractivity contribution in [2.24, 2.45) is 17.3 Å². The van der Waals surface area contributed by atoms with Crippen LogP contribution in [-0.2, 0) is 28.5 Å². The first-order valence-corrected chi connectivity index (χ1v) is 17.7. The maximum absolute atomic E-state index is 12.3. The molecule has 12 nitrogen and oxygen atoms in total. The van der Waals surface area contributed by atoms with Crippen molar-refractivity contribution < 1.29 is 33.3 Å². The number of ether oxygens (including phenoxy) is 5. The van der Waals surface area contributed by atoms with E-state index >= 15 is 0 Å². The second-order valence-corrected chi connectivity index (χ2v) is 14.0. The number of nitrogens with zero attached hydrogens (tertiary/aromatic N) is 3. The van der Waals surface area contributed by atoms with Crippen molar-refractivity contribution in [3.63, 3.8) is 0 Å². The van der Waals surface area contributed by atoms with E-state index in [0.29, 0.717) is 90.0 Å². The van der Waals surface area contributed by atoms with E-state index in [0.717, 1.165) is 35.2 Å². The Bertz CT molecular complexity index is 1240. The van der Waals surface area contributed by atoms with Gasteiger partial charge in [-0.2, -0.15) is 4.98 Å². The van der Waals surface area contributed by atoms with Gasteiger partial charge < -0.3 is 39.2 Å². The number of carbonyl (C=O) groups is 2. The Kier molecular flexibility index (Phi) is 17.6. The second kappa shape index (κ2) is 21.3. The minimum atomic E-state index is 0.116. The average molecular weight is 737 g/mol. The fourth-order valence-corrected chi connectivity index (χ4v) is 4.84. The van der Waals surface area contributed by atoms with Gasteiger partial charge in [-0.05, 0) is 64.4 Å². The third-order valence-corrected chi connectivity index (χ3v) is 8.89. The van der Waals surface area contributed by atoms with Crippen LogP contribution in [0.25, 0.3) is 0 Å². The molecule has 1 aliphatic rings. The Labute approximate surface area is 294 Å². The fourth-order valence-electron chi connectivity index (χ4n) is 4.50. The van der Waals surface area contributed by atoms with Crippen molar-refractivity contribution in [1.29, 1.82) is 0 Å². The molecule has 1 aromatic carbocycles. The standard InChI is InChI=1S/C35H54BrN5O7/c1-26(35(2,3)4)23-29(42)25-47-20-19-45-16-15-44-17-18-46-21-22-48-30-11-9-28(10-12-30)39-34-38-24-31(36)32(40-34)37-13-14-41(5)33(43)27-7-6-8-27/h9-12,24,26-27H,6-8,13-23,25H2,1-5H3,(H2,37,38,39,40)/t26-/m1/s1. The van der Waals surface area contributed by atoms with Crippen molar-refractivity contribution in [2.45, 2.75) is 53.4 Å². The van der Waals surface area contributed by atoms with E-state index in [4.69, 9.17) is 23.7 Å². The lowest BCUT2D eigenvalue weighted by Crippen LogP contribution is -2.38. The van der Waals surface area contributed by atoms with Gasteiger partial charge in [-0.3, -0.25) is 9.59 Å². The SMILES string of the molecule is C[C@H](CC(=O)COCCOCCOCCOCCOc1ccc(Nc2ncc(Br)c(NCCN(C)C(=O)C3CCC3)n2)cc1)C(C)(C)C. The summed E-state index contributed by atoms with van der Waals surface area (Å²) in [7, 11) is 1.85. The number of benzene rings is 1. The number of anilines is 3. The minimum Gasteiger partial charge on any atom is -0.491 e. The van der Waals surface area contributed by atoms with E-state index in [1.165, 1.54) is 0 Å². The summed E-state index contributed by atoms with van der Waals surface area (Å²) in [4.78, 5) is 35.1. The molecule has 0 aliphatic heterocycles. The van der Waals surface area contributed by atoms with Crippen LogP contribution in [0.15, 0.2) is 34.9 Å². The van der Waals surface area contributed by atoms with Crippen LogP contribution in [0.1, 0.15) is 53.4 Å². The number of rotatable bonds is 24. The number of Topliss-reactive ketones (excluding diaryl/α,β-unsaturated/α-hetero) is 1. The molecule has 0 unspecified atom stereocenters. The maximum Gasteiger partial charge on any atom is 0.229 e. The van der Waals surface area contributed by atoms with Crippen LogP contribution >= 0.6 is 15.9 Å². The third-order valence-electron chi connectivity index (χ3n) is 8.31. The van der Waals surface area contributed by atoms with E-state index in [-0.39, 0.29) is 29.6 Å². The van der Waals surface area contributed by atoms with E-state index < -0.39 is 0 Å². The molecule has 13 heteroatoms. The van der Waals surface area contributed by atoms with Crippen molar-refractivity contribution in [3.05, 3.63) is 34.9 Å². The number of hydrogen-bond donors (Lipinski definition) is 2. The van der Waals surface area contributed by atoms with Crippen LogP contribution in [0.5, 0.6) is 5.75 Å². The monoisotopic (exact) mass is 735 g/mol. The summed E-state index contributed by atoms with van der Waals surface area (Å²) < 4.78 is 28.5. The molecule has 0 bridgehead atoms. The molecule has 3 rings (SSSR count). The Morgan fingerprint density at radius 2 is 1.56 bits per heavy atom. The van der Waals surface area contributed by atoms with Gasteiger partial charge in [0, 0.05) is 44.4 Å². The van der Waals surface area contributed by atoms with Crippen molar-refractivity contribution in [3.8, 4) is 5.75 Å². The molecular weight excluding hydrogens is 682 g/mol. The quantitative estimate of drug-likeness (QED) is 0.128. The Morgan fingerprint density at radius 1 is 0.958 bits per heavy atom. The molecule has 268 valence electrons. The molecule has 0 spiro atoms. The molecule has 0 radical (unpaired) electrons. The van der Waals surface area contributed by atoms with Crippen LogP contribution in [0.2, 0.25) is 0 Å². The normalized spacial score (nSPS) is 13.9. The van der Waals surface area contributed by atoms with Crippen molar-refractivity contribution >= 4 is 45.1 Å². The number of carbonyl (C=O) groups excluding carboxylic acids is 2. The highest BCUT2D eigenvalue weighted by atomic mass is 79.9. The van der Waals surface area contributed by atoms with Gasteiger partial charge in [0.15, 0.2) is 5.78 Å². The maximum atomic E-state index is 12.3. The summed E-state index contributed by atoms with van der Waals surface area (Å²) in [5, 5.41) is 6.50. The van der Waals surface area contributed by atoms with Gasteiger partial charge in [-0.1, -0.05) is 34.1 Å². The van der Waals surface area contributed by atoms with Gasteiger partial charge in [0.2, 0.25) is 11.9 Å². The largest absolute Gasteiger partial charge is 0.491 e. The Morgan fingerprint density at radius 3 is 2.15 bits per heavy atom. The molecule has 0 saturated heterocycles. The lowest BCUT2D eigenvalue weighted by atomic mass is 9.79. The van der Waals surface area contributed by atoms with Crippen LogP contribution in [0.3, 0.4) is 0 Å². The first kappa shape index (κ1) is 39.6. The predicted molar refractivity (Wildman–Crippen MR) is 190 cm³/mol. The lowest BCUT2D eigenvalue weighted by Gasteiger charge is -2.29. The minimum absolute atomic E-state index is 0.116. The molecule has 48 heavy (non-hydrogen) atoms. The van der Waals surface area contributed by atoms with Gasteiger partial charge in [-0.25, -0.2) is 4.98 Å². The second-order valence-electron chi connectivity index (χ2n) is 13.1. The third kappa shape index (κ3) is 15.1. The molecule has 1 amide bonds. The summed E-state index contributed by atoms with van der Waals surface area (Å²) >= 11 is 3.49. The fraction of sp³-hybridized carbons (Fsp3) is 0.657. The highest BCUT2D eigenvalue weighted by molar-refractivity contribution is 9.10. The van der Waals surface area contributed by atoms with E-state index in [9.17, 15) is 9.59 Å². The predicted octanol–water partition coefficient (Wildman–Crippen LogP) is 5.74. The highest BCUT2D eigenvalue weighted by Crippen LogP contribution is 2.29. The number of halogens is 1. The number of aromatic nitrogens is 2. The number of nitrogens with one attached hydrogen (secondary N) is 2. The Balaban J connectivity index is 1.18. The highest BCUT2D eigenvalue weighted by Gasteiger charge is 2.27. The zero-order valence-electron chi connectivity index (χ0n) is 29.2. The zero-order valence-corrected chi connectivity index (χ0v) is 30.8. The van der Waals surface area contributed by atoms with Crippen LogP contribution in [0, 0.1) is 17.3 Å². The molecule has 1 aliphatic carbocycles. The number of hydrogen-bond acceptors (Lipinski definition) is 11. The molecule has 1 heterocycles. The van der Waals surface area contributed by atoms with Crippen LogP contribution < -0.4 is 15.4 Å². The summed E-state index contributed by atoms with van der Waals surface area (Å²) in [6.45, 7) is 13.4. The molecule has 2 aromatic rings. The molecule has 2 N–H and O–H groups in total.